The summed E-state index contributed by atoms with van der Waals surface area (Å²) in [6.07, 6.45) is -0.860. The van der Waals surface area contributed by atoms with Gasteiger partial charge in [0.2, 0.25) is 5.91 Å². The normalized spacial score (nSPS) is 15.4. The smallest absolute Gasteiger partial charge is 0.256 e. The van der Waals surface area contributed by atoms with Crippen LogP contribution in [0.4, 0.5) is 22.7 Å². The minimum absolute atomic E-state index is 0.0240. The molecule has 6 heterocycles. The van der Waals surface area contributed by atoms with Crippen molar-refractivity contribution in [1.29, 1.82) is 0 Å². The summed E-state index contributed by atoms with van der Waals surface area (Å²) < 4.78 is 0. The molecule has 0 fully saturated rings. The lowest BCUT2D eigenvalue weighted by Crippen LogP contribution is -2.41. The summed E-state index contributed by atoms with van der Waals surface area (Å²) in [5.74, 6) is 0.0407. The molecule has 642 valence electrons. The van der Waals surface area contributed by atoms with Gasteiger partial charge in [-0.15, -0.1) is 0 Å². The number of aliphatic hydroxyl groups is 1. The zero-order valence-corrected chi connectivity index (χ0v) is 75.2. The van der Waals surface area contributed by atoms with Crippen molar-refractivity contribution in [2.45, 2.75) is 79.0 Å². The fourth-order valence-electron chi connectivity index (χ4n) is 17.9. The van der Waals surface area contributed by atoms with Gasteiger partial charge in [0.25, 0.3) is 11.8 Å². The molecule has 20 heteroatoms. The molecule has 20 nitrogen and oxygen atoms in total. The van der Waals surface area contributed by atoms with E-state index in [4.69, 9.17) is 5.73 Å². The van der Waals surface area contributed by atoms with Crippen LogP contribution in [0.25, 0.3) is 64.6 Å². The van der Waals surface area contributed by atoms with Crippen molar-refractivity contribution in [1.82, 2.24) is 58.8 Å². The van der Waals surface area contributed by atoms with Crippen LogP contribution < -0.4 is 21.3 Å². The highest BCUT2D eigenvalue weighted by Gasteiger charge is 2.33. The Kier molecular flexibility index (Phi) is 29.8. The van der Waals surface area contributed by atoms with E-state index in [9.17, 15) is 19.5 Å². The number of nitrogens with zero attached hydrogens (tertiary/aromatic N) is 13. The van der Waals surface area contributed by atoms with Crippen LogP contribution in [0, 0.1) is 0 Å². The number of carbonyl (C=O) groups excluding carboxylic acids is 3. The zero-order chi connectivity index (χ0) is 86.6. The molecular weight excluding hydrogens is 1510 g/mol. The first-order chi connectivity index (χ1) is 58.7. The second-order valence-corrected chi connectivity index (χ2v) is 35.4. The number of carbonyl (C=O) groups is 3. The SMILES string of the molecule is CC(=O)Nc1ccc2c3c(cccc13)CN(CCN(C)C)C2.CCNc1ccc2c3c(cccc13)CN(CCN(C)C)C2.CN(C)CCN1C(=O)c2cccc3cccc(c23)C1O.CN(C)CCN1Cc2cccc3c(N(C)C)ccc(c23)C1.CN(C)CCN1Cc2cccc3c(N)ccc(c23)C1.CN(C)CCN1Cc2cccc3cccc(c23)C1=O. The van der Waals surface area contributed by atoms with E-state index in [0.717, 1.165) is 187 Å². The summed E-state index contributed by atoms with van der Waals surface area (Å²) in [5.41, 5.74) is 25.5. The minimum Gasteiger partial charge on any atom is -0.398 e. The highest BCUT2D eigenvalue weighted by Crippen LogP contribution is 2.41. The summed E-state index contributed by atoms with van der Waals surface area (Å²) in [6.45, 7) is 25.4. The Bertz CT molecular complexity index is 5630. The number of hydrogen-bond acceptors (Lipinski definition) is 17. The standard InChI is InChI=1S/C18H23N3O.2C18H25N3.C16H21N3.C16H18N2O2.C16H18N2O/c1-13(22)19-17-8-7-15-12-21(10-9-20(2)3)11-14-5-4-6-16(17)18(14)15;1-19(2)10-11-21-12-14-6-5-7-16-17(20(3)4)9-8-15(13-21)18(14)16;1-4-19-17-9-8-15-13-21(11-10-20(2)3)12-14-6-5-7-16(17)18(14)15;1-18(2)8-9-19-10-12-4-3-5-14-15(17)7-6-13(11-19)16(12)14;1-17(2)9-10-18-15(19)12-7-3-5-11-6-4-8-13(14(11)12)16(18)20;1-17(2)9-10-18-11-13-7-3-5-12-6-4-8-14(15(12)13)16(18)19/h4-8H,9-12H2,1-3H3,(H,19,22);5-9H,10-13H2,1-4H3;5-9,19H,4,10-13H2,1-3H3;3-7H,8-11,17H2,1-2H3;3-8,15,19H,9-10H2,1-2H3;3-8H,9-11H2,1-2H3. The van der Waals surface area contributed by atoms with Crippen molar-refractivity contribution in [2.24, 2.45) is 0 Å². The highest BCUT2D eigenvalue weighted by atomic mass is 16.3. The van der Waals surface area contributed by atoms with Crippen LogP contribution in [0.5, 0.6) is 0 Å². The lowest BCUT2D eigenvalue weighted by molar-refractivity contribution is -0.114. The van der Waals surface area contributed by atoms with Gasteiger partial charge in [-0.05, 0) is 216 Å². The van der Waals surface area contributed by atoms with Crippen LogP contribution in [0.3, 0.4) is 0 Å². The Balaban J connectivity index is 0.000000126. The number of nitrogen functional groups attached to an aromatic ring is 1. The number of nitrogens with two attached hydrogens (primary N) is 1. The van der Waals surface area contributed by atoms with Crippen molar-refractivity contribution in [3.05, 3.63) is 261 Å². The number of amides is 3. The van der Waals surface area contributed by atoms with Crippen LogP contribution in [-0.4, -0.2) is 265 Å². The molecule has 0 spiro atoms. The maximum Gasteiger partial charge on any atom is 0.256 e. The lowest BCUT2D eigenvalue weighted by Gasteiger charge is -2.34. The molecule has 1 atom stereocenters. The van der Waals surface area contributed by atoms with Crippen LogP contribution in [0.2, 0.25) is 0 Å². The van der Waals surface area contributed by atoms with E-state index >= 15 is 0 Å². The number of aliphatic hydroxyl groups excluding tert-OH is 1. The first-order valence-corrected chi connectivity index (χ1v) is 43.4. The summed E-state index contributed by atoms with van der Waals surface area (Å²) in [6, 6.07) is 67.6. The van der Waals surface area contributed by atoms with Crippen molar-refractivity contribution < 1.29 is 19.5 Å². The molecule has 0 saturated carbocycles. The van der Waals surface area contributed by atoms with Crippen LogP contribution in [0.1, 0.15) is 96.4 Å². The summed E-state index contributed by atoms with van der Waals surface area (Å²) in [4.78, 5) is 65.3. The molecule has 0 aromatic heterocycles. The minimum atomic E-state index is -0.860. The van der Waals surface area contributed by atoms with E-state index in [1.807, 2.05) is 98.7 Å². The number of hydrogen-bond donors (Lipinski definition) is 4. The number of benzene rings is 12. The predicted octanol–water partition coefficient (Wildman–Crippen LogP) is 15.1. The second-order valence-electron chi connectivity index (χ2n) is 35.4. The largest absolute Gasteiger partial charge is 0.398 e. The number of nitrogens with one attached hydrogen (secondary N) is 2. The summed E-state index contributed by atoms with van der Waals surface area (Å²) >= 11 is 0. The maximum absolute atomic E-state index is 12.6. The van der Waals surface area contributed by atoms with E-state index in [1.54, 1.807) is 6.92 Å². The molecule has 6 aliphatic rings. The van der Waals surface area contributed by atoms with Gasteiger partial charge in [-0.2, -0.15) is 0 Å². The van der Waals surface area contributed by atoms with E-state index in [-0.39, 0.29) is 17.7 Å². The van der Waals surface area contributed by atoms with Gasteiger partial charge in [-0.1, -0.05) is 158 Å². The Hall–Kier alpha value is -10.4. The molecule has 0 saturated heterocycles. The average molecular weight is 1640 g/mol. The van der Waals surface area contributed by atoms with Gasteiger partial charge in [0.05, 0.1) is 0 Å². The molecule has 0 radical (unpaired) electrons. The summed E-state index contributed by atoms with van der Waals surface area (Å²) in [7, 11) is 29.2. The van der Waals surface area contributed by atoms with Gasteiger partial charge in [0, 0.05) is 231 Å². The van der Waals surface area contributed by atoms with Crippen molar-refractivity contribution in [3.8, 4) is 0 Å². The molecule has 5 N–H and O–H groups in total. The van der Waals surface area contributed by atoms with Gasteiger partial charge >= 0.3 is 0 Å². The van der Waals surface area contributed by atoms with Gasteiger partial charge in [-0.3, -0.25) is 34.0 Å². The van der Waals surface area contributed by atoms with Crippen LogP contribution in [0.15, 0.2) is 194 Å². The molecule has 122 heavy (non-hydrogen) atoms. The molecule has 18 rings (SSSR count). The van der Waals surface area contributed by atoms with Gasteiger partial charge in [0.15, 0.2) is 6.23 Å². The predicted molar refractivity (Wildman–Crippen MR) is 509 cm³/mol. The van der Waals surface area contributed by atoms with Crippen molar-refractivity contribution in [3.63, 3.8) is 0 Å². The summed E-state index contributed by atoms with van der Waals surface area (Å²) in [5, 5.41) is 31.9. The molecule has 1 unspecified atom stereocenters. The monoisotopic (exact) mass is 1640 g/mol. The van der Waals surface area contributed by atoms with E-state index in [0.29, 0.717) is 12.1 Å². The van der Waals surface area contributed by atoms with E-state index < -0.39 is 6.23 Å². The maximum atomic E-state index is 12.6. The Morgan fingerprint density at radius 1 is 0.369 bits per heavy atom. The number of rotatable bonds is 22. The molecule has 12 aromatic rings. The second kappa shape index (κ2) is 40.7. The average Bonchev–Trinajstić information content (AvgIpc) is 0.766. The van der Waals surface area contributed by atoms with Gasteiger partial charge in [0.1, 0.15) is 0 Å². The van der Waals surface area contributed by atoms with Crippen molar-refractivity contribution in [2.75, 3.05) is 205 Å². The number of anilines is 4. The Morgan fingerprint density at radius 2 is 0.713 bits per heavy atom. The highest BCUT2D eigenvalue weighted by molar-refractivity contribution is 6.12. The first-order valence-electron chi connectivity index (χ1n) is 43.4. The van der Waals surface area contributed by atoms with Gasteiger partial charge < -0.3 is 65.6 Å². The lowest BCUT2D eigenvalue weighted by atomic mass is 9.93. The molecule has 12 aromatic carbocycles. The van der Waals surface area contributed by atoms with E-state index in [2.05, 4.69) is 270 Å². The third-order valence-corrected chi connectivity index (χ3v) is 24.1. The van der Waals surface area contributed by atoms with Gasteiger partial charge in [-0.25, -0.2) is 0 Å². The number of likely N-dealkylation sites (N-methyl/N-ethyl adjacent to an activating group) is 6. The fourth-order valence-corrected chi connectivity index (χ4v) is 17.9. The van der Waals surface area contributed by atoms with Crippen LogP contribution >= 0.6 is 0 Å². The zero-order valence-electron chi connectivity index (χ0n) is 75.2. The molecule has 6 aliphatic heterocycles. The fraction of sp³-hybridized carbons (Fsp3) is 0.382. The van der Waals surface area contributed by atoms with E-state index in [1.165, 1.54) is 104 Å². The third kappa shape index (κ3) is 21.2. The quantitative estimate of drug-likeness (QED) is 0.0474. The topological polar surface area (TPSA) is 164 Å². The van der Waals surface area contributed by atoms with Crippen molar-refractivity contribution >= 4 is 105 Å². The Labute approximate surface area is 724 Å². The molecular formula is C102H130N16O4. The molecule has 0 bridgehead atoms. The Morgan fingerprint density at radius 3 is 1.16 bits per heavy atom. The molecule has 3 amide bonds. The molecule has 0 aliphatic carbocycles. The first kappa shape index (κ1) is 89.3. The van der Waals surface area contributed by atoms with Crippen LogP contribution in [-0.2, 0) is 63.7 Å². The third-order valence-electron chi connectivity index (χ3n) is 24.1.